The van der Waals surface area contributed by atoms with Crippen LogP contribution in [0.2, 0.25) is 0 Å². The molecule has 0 saturated heterocycles. The summed E-state index contributed by atoms with van der Waals surface area (Å²) in [6.45, 7) is 0. The molecule has 0 spiro atoms. The van der Waals surface area contributed by atoms with Crippen LogP contribution in [0.3, 0.4) is 0 Å². The van der Waals surface area contributed by atoms with Gasteiger partial charge in [-0.15, -0.1) is 0 Å². The van der Waals surface area contributed by atoms with Crippen LogP contribution in [0.4, 0.5) is 0 Å². The minimum Gasteiger partial charge on any atom is -0.453 e. The van der Waals surface area contributed by atoms with Crippen molar-refractivity contribution in [1.82, 2.24) is 14.8 Å². The van der Waals surface area contributed by atoms with Crippen LogP contribution in [0.5, 0.6) is 11.5 Å². The van der Waals surface area contributed by atoms with Crippen molar-refractivity contribution in [1.29, 1.82) is 5.41 Å². The fourth-order valence-electron chi connectivity index (χ4n) is 1.99. The number of benzene rings is 1. The van der Waals surface area contributed by atoms with Gasteiger partial charge in [0.1, 0.15) is 11.6 Å². The summed E-state index contributed by atoms with van der Waals surface area (Å²) in [4.78, 5) is 4.29. The number of hydrogen-bond donors (Lipinski definition) is 2. The van der Waals surface area contributed by atoms with Crippen LogP contribution in [-0.2, 0) is 7.05 Å². The molecule has 0 amide bonds. The lowest BCUT2D eigenvalue weighted by Crippen LogP contribution is -2.13. The number of aromatic nitrogens is 3. The molecule has 0 aliphatic rings. The predicted molar refractivity (Wildman–Crippen MR) is 76.0 cm³/mol. The third-order valence-corrected chi connectivity index (χ3v) is 2.92. The third kappa shape index (κ3) is 2.07. The zero-order valence-corrected chi connectivity index (χ0v) is 10.9. The smallest absolute Gasteiger partial charge is 0.165 e. The topological polar surface area (TPSA) is 89.8 Å². The molecule has 20 heavy (non-hydrogen) atoms. The van der Waals surface area contributed by atoms with Crippen molar-refractivity contribution in [3.8, 4) is 11.5 Å². The number of ether oxygens (including phenoxy) is 1. The molecule has 100 valence electrons. The minimum absolute atomic E-state index is 0.0813. The Hall–Kier alpha value is -2.89. The average molecular weight is 267 g/mol. The maximum atomic E-state index is 7.66. The molecule has 2 aromatic heterocycles. The second kappa shape index (κ2) is 4.65. The van der Waals surface area contributed by atoms with Gasteiger partial charge < -0.3 is 10.5 Å². The molecule has 0 aliphatic heterocycles. The van der Waals surface area contributed by atoms with Crippen molar-refractivity contribution in [2.24, 2.45) is 12.8 Å². The highest BCUT2D eigenvalue weighted by Crippen LogP contribution is 2.31. The van der Waals surface area contributed by atoms with Gasteiger partial charge in [-0.25, -0.2) is 0 Å². The van der Waals surface area contributed by atoms with E-state index in [0.717, 1.165) is 10.9 Å². The Morgan fingerprint density at radius 2 is 2.10 bits per heavy atom. The zero-order chi connectivity index (χ0) is 14.1. The quantitative estimate of drug-likeness (QED) is 0.561. The van der Waals surface area contributed by atoms with Gasteiger partial charge in [-0.05, 0) is 12.1 Å². The molecule has 0 atom stereocenters. The van der Waals surface area contributed by atoms with Crippen LogP contribution >= 0.6 is 0 Å². The van der Waals surface area contributed by atoms with E-state index in [2.05, 4.69) is 10.1 Å². The molecular weight excluding hydrogens is 254 g/mol. The highest BCUT2D eigenvalue weighted by atomic mass is 16.5. The summed E-state index contributed by atoms with van der Waals surface area (Å²) < 4.78 is 7.51. The molecule has 3 rings (SSSR count). The van der Waals surface area contributed by atoms with Gasteiger partial charge in [-0.2, -0.15) is 5.10 Å². The van der Waals surface area contributed by atoms with E-state index in [-0.39, 0.29) is 5.84 Å². The average Bonchev–Trinajstić information content (AvgIpc) is 2.84. The van der Waals surface area contributed by atoms with Crippen LogP contribution < -0.4 is 10.5 Å². The lowest BCUT2D eigenvalue weighted by atomic mass is 10.1. The Kier molecular flexibility index (Phi) is 2.83. The molecule has 0 aliphatic carbocycles. The highest BCUT2D eigenvalue weighted by molar-refractivity contribution is 6.03. The van der Waals surface area contributed by atoms with E-state index in [1.165, 1.54) is 0 Å². The third-order valence-electron chi connectivity index (χ3n) is 2.92. The Morgan fingerprint density at radius 1 is 1.30 bits per heavy atom. The van der Waals surface area contributed by atoms with Crippen LogP contribution in [0.1, 0.15) is 5.56 Å². The maximum Gasteiger partial charge on any atom is 0.165 e. The van der Waals surface area contributed by atoms with Crippen LogP contribution in [0, 0.1) is 5.41 Å². The van der Waals surface area contributed by atoms with Crippen molar-refractivity contribution in [2.75, 3.05) is 0 Å². The summed E-state index contributed by atoms with van der Waals surface area (Å²) in [6.07, 6.45) is 4.91. The second-order valence-electron chi connectivity index (χ2n) is 4.38. The van der Waals surface area contributed by atoms with E-state index < -0.39 is 0 Å². The first-order valence-electron chi connectivity index (χ1n) is 6.04. The summed E-state index contributed by atoms with van der Waals surface area (Å²) in [5.74, 6) is 1.03. The number of nitrogens with two attached hydrogens (primary N) is 1. The van der Waals surface area contributed by atoms with E-state index in [4.69, 9.17) is 15.9 Å². The highest BCUT2D eigenvalue weighted by Gasteiger charge is 2.14. The molecule has 0 unspecified atom stereocenters. The first-order chi connectivity index (χ1) is 9.65. The number of amidine groups is 1. The van der Waals surface area contributed by atoms with E-state index in [0.29, 0.717) is 17.1 Å². The largest absolute Gasteiger partial charge is 0.453 e. The van der Waals surface area contributed by atoms with E-state index in [1.54, 1.807) is 23.3 Å². The minimum atomic E-state index is -0.0813. The molecule has 0 fully saturated rings. The summed E-state index contributed by atoms with van der Waals surface area (Å²) in [7, 11) is 1.81. The molecule has 6 nitrogen and oxygen atoms in total. The molecule has 3 aromatic rings. The first-order valence-corrected chi connectivity index (χ1v) is 6.04. The molecule has 2 heterocycles. The van der Waals surface area contributed by atoms with Gasteiger partial charge in [0.05, 0.1) is 23.5 Å². The van der Waals surface area contributed by atoms with Crippen LogP contribution in [0.15, 0.2) is 42.9 Å². The fraction of sp³-hybridized carbons (Fsp3) is 0.0714. The van der Waals surface area contributed by atoms with Gasteiger partial charge in [0, 0.05) is 18.6 Å². The summed E-state index contributed by atoms with van der Waals surface area (Å²) in [5, 5.41) is 12.5. The van der Waals surface area contributed by atoms with Crippen LogP contribution in [-0.4, -0.2) is 20.6 Å². The standard InChI is InChI=1S/C14H13N5O/c1-19-8-9(6-18-19)20-13-10-4-2-3-5-12(10)17-7-11(13)14(15)16/h2-8H,1H3,(H3,15,16). The normalized spacial score (nSPS) is 10.7. The Balaban J connectivity index is 2.19. The van der Waals surface area contributed by atoms with Crippen molar-refractivity contribution in [3.05, 3.63) is 48.4 Å². The summed E-state index contributed by atoms with van der Waals surface area (Å²) >= 11 is 0. The Labute approximate surface area is 115 Å². The number of rotatable bonds is 3. The lowest BCUT2D eigenvalue weighted by molar-refractivity contribution is 0.486. The molecule has 0 radical (unpaired) electrons. The van der Waals surface area contributed by atoms with E-state index in [9.17, 15) is 0 Å². The van der Waals surface area contributed by atoms with Gasteiger partial charge in [-0.1, -0.05) is 12.1 Å². The van der Waals surface area contributed by atoms with Gasteiger partial charge in [-0.3, -0.25) is 15.1 Å². The zero-order valence-electron chi connectivity index (χ0n) is 10.9. The monoisotopic (exact) mass is 267 g/mol. The first kappa shape index (κ1) is 12.2. The summed E-state index contributed by atoms with van der Waals surface area (Å²) in [5.41, 5.74) is 6.86. The van der Waals surface area contributed by atoms with Crippen molar-refractivity contribution in [3.63, 3.8) is 0 Å². The number of aryl methyl sites for hydroxylation is 1. The molecular formula is C14H13N5O. The Bertz CT molecular complexity index is 793. The SMILES string of the molecule is Cn1cc(Oc2c(C(=N)N)cnc3ccccc23)cn1. The summed E-state index contributed by atoms with van der Waals surface area (Å²) in [6, 6.07) is 7.57. The van der Waals surface area contributed by atoms with E-state index in [1.807, 2.05) is 31.3 Å². The van der Waals surface area contributed by atoms with Gasteiger partial charge in [0.25, 0.3) is 0 Å². The molecule has 1 aromatic carbocycles. The number of fused-ring (bicyclic) bond motifs is 1. The number of hydrogen-bond acceptors (Lipinski definition) is 4. The molecule has 0 saturated carbocycles. The van der Waals surface area contributed by atoms with E-state index >= 15 is 0 Å². The molecule has 3 N–H and O–H groups in total. The second-order valence-corrected chi connectivity index (χ2v) is 4.38. The lowest BCUT2D eigenvalue weighted by Gasteiger charge is -2.11. The number of nitrogen functional groups attached to an aromatic ring is 1. The Morgan fingerprint density at radius 3 is 2.80 bits per heavy atom. The maximum absolute atomic E-state index is 7.66. The van der Waals surface area contributed by atoms with Crippen molar-refractivity contribution < 1.29 is 4.74 Å². The van der Waals surface area contributed by atoms with Gasteiger partial charge >= 0.3 is 0 Å². The number of pyridine rings is 1. The predicted octanol–water partition coefficient (Wildman–Crippen LogP) is 2.04. The fourth-order valence-corrected chi connectivity index (χ4v) is 1.99. The van der Waals surface area contributed by atoms with Crippen molar-refractivity contribution >= 4 is 16.7 Å². The number of para-hydroxylation sites is 1. The number of nitrogens with zero attached hydrogens (tertiary/aromatic N) is 3. The van der Waals surface area contributed by atoms with Crippen molar-refractivity contribution in [2.45, 2.75) is 0 Å². The number of nitrogens with one attached hydrogen (secondary N) is 1. The van der Waals surface area contributed by atoms with Gasteiger partial charge in [0.15, 0.2) is 5.75 Å². The van der Waals surface area contributed by atoms with Crippen LogP contribution in [0.25, 0.3) is 10.9 Å². The van der Waals surface area contributed by atoms with Gasteiger partial charge in [0.2, 0.25) is 0 Å². The molecule has 6 heteroatoms. The molecule has 0 bridgehead atoms.